The molecule has 0 radical (unpaired) electrons. The van der Waals surface area contributed by atoms with Gasteiger partial charge in [0.2, 0.25) is 5.91 Å². The molecule has 0 N–H and O–H groups in total. The molecule has 2 amide bonds. The van der Waals surface area contributed by atoms with E-state index in [2.05, 4.69) is 0 Å². The fourth-order valence-electron chi connectivity index (χ4n) is 3.07. The van der Waals surface area contributed by atoms with E-state index < -0.39 is 0 Å². The third kappa shape index (κ3) is 4.73. The summed E-state index contributed by atoms with van der Waals surface area (Å²) in [6.07, 6.45) is 0.327. The van der Waals surface area contributed by atoms with Crippen LogP contribution in [-0.4, -0.2) is 54.9 Å². The number of hydrogen-bond acceptors (Lipinski definition) is 3. The molecule has 0 atom stereocenters. The third-order valence-electron chi connectivity index (χ3n) is 4.58. The van der Waals surface area contributed by atoms with E-state index in [0.717, 1.165) is 5.56 Å². The molecule has 1 saturated heterocycles. The van der Waals surface area contributed by atoms with Gasteiger partial charge in [-0.15, -0.1) is 0 Å². The zero-order chi connectivity index (χ0) is 19.4. The van der Waals surface area contributed by atoms with Crippen molar-refractivity contribution in [3.63, 3.8) is 0 Å². The molecule has 2 aromatic rings. The minimum Gasteiger partial charge on any atom is -0.496 e. The Bertz CT molecular complexity index is 832. The van der Waals surface area contributed by atoms with Crippen LogP contribution < -0.4 is 4.74 Å². The van der Waals surface area contributed by atoms with Crippen molar-refractivity contribution in [3.05, 3.63) is 63.6 Å². The van der Waals surface area contributed by atoms with Crippen LogP contribution in [0.15, 0.2) is 42.5 Å². The molecular weight excluding hydrogens is 387 g/mol. The summed E-state index contributed by atoms with van der Waals surface area (Å²) in [5.74, 6) is 0.398. The second-order valence-corrected chi connectivity index (χ2v) is 7.19. The van der Waals surface area contributed by atoms with Crippen LogP contribution in [0.5, 0.6) is 5.75 Å². The molecule has 0 spiro atoms. The number of ether oxygens (including phenoxy) is 1. The van der Waals surface area contributed by atoms with Gasteiger partial charge in [0.05, 0.1) is 19.1 Å². The molecule has 0 saturated carbocycles. The van der Waals surface area contributed by atoms with Crippen LogP contribution in [0.4, 0.5) is 0 Å². The van der Waals surface area contributed by atoms with E-state index in [9.17, 15) is 9.59 Å². The van der Waals surface area contributed by atoms with Crippen molar-refractivity contribution in [2.75, 3.05) is 33.3 Å². The summed E-state index contributed by atoms with van der Waals surface area (Å²) in [6, 6.07) is 12.2. The number of carbonyl (C=O) groups excluding carboxylic acids is 2. The van der Waals surface area contributed by atoms with Crippen LogP contribution in [0, 0.1) is 0 Å². The highest BCUT2D eigenvalue weighted by Gasteiger charge is 2.26. The van der Waals surface area contributed by atoms with E-state index in [1.807, 2.05) is 12.1 Å². The lowest BCUT2D eigenvalue weighted by Gasteiger charge is -2.35. The van der Waals surface area contributed by atoms with Crippen LogP contribution in [0.1, 0.15) is 15.9 Å². The highest BCUT2D eigenvalue weighted by molar-refractivity contribution is 6.31. The third-order valence-corrected chi connectivity index (χ3v) is 5.07. The first kappa shape index (κ1) is 19.5. The first-order chi connectivity index (χ1) is 13.0. The van der Waals surface area contributed by atoms with Gasteiger partial charge in [-0.3, -0.25) is 9.59 Å². The van der Waals surface area contributed by atoms with Gasteiger partial charge in [0.25, 0.3) is 5.91 Å². The lowest BCUT2D eigenvalue weighted by molar-refractivity contribution is -0.131. The van der Waals surface area contributed by atoms with Gasteiger partial charge in [-0.25, -0.2) is 0 Å². The molecule has 0 unspecified atom stereocenters. The highest BCUT2D eigenvalue weighted by Crippen LogP contribution is 2.24. The van der Waals surface area contributed by atoms with E-state index in [4.69, 9.17) is 27.9 Å². The molecule has 0 aliphatic carbocycles. The van der Waals surface area contributed by atoms with Crippen molar-refractivity contribution in [3.8, 4) is 5.75 Å². The largest absolute Gasteiger partial charge is 0.496 e. The summed E-state index contributed by atoms with van der Waals surface area (Å²) in [5.41, 5.74) is 1.36. The number of rotatable bonds is 4. The molecule has 0 bridgehead atoms. The standard InChI is InChI=1S/C20H20Cl2N2O3/c1-27-18-7-6-16(22)13-17(18)20(26)24-10-8-23(9-11-24)19(25)12-14-2-4-15(21)5-3-14/h2-7,13H,8-12H2,1H3. The van der Waals surface area contributed by atoms with Crippen molar-refractivity contribution >= 4 is 35.0 Å². The molecule has 7 heteroatoms. The number of carbonyl (C=O) groups is 2. The summed E-state index contributed by atoms with van der Waals surface area (Å²) in [5, 5.41) is 1.13. The minimum atomic E-state index is -0.140. The maximum Gasteiger partial charge on any atom is 0.257 e. The van der Waals surface area contributed by atoms with Gasteiger partial charge in [-0.2, -0.15) is 0 Å². The average molecular weight is 407 g/mol. The minimum absolute atomic E-state index is 0.0461. The summed E-state index contributed by atoms with van der Waals surface area (Å²) in [7, 11) is 1.52. The summed E-state index contributed by atoms with van der Waals surface area (Å²) >= 11 is 11.9. The van der Waals surface area contributed by atoms with Crippen molar-refractivity contribution in [2.45, 2.75) is 6.42 Å². The quantitative estimate of drug-likeness (QED) is 0.779. The average Bonchev–Trinajstić information content (AvgIpc) is 2.69. The zero-order valence-corrected chi connectivity index (χ0v) is 16.5. The summed E-state index contributed by atoms with van der Waals surface area (Å²) < 4.78 is 5.27. The Balaban J connectivity index is 1.60. The van der Waals surface area contributed by atoms with E-state index in [0.29, 0.717) is 54.0 Å². The number of piperazine rings is 1. The molecule has 1 heterocycles. The van der Waals surface area contributed by atoms with Gasteiger partial charge in [0, 0.05) is 36.2 Å². The topological polar surface area (TPSA) is 49.9 Å². The second kappa shape index (κ2) is 8.63. The zero-order valence-electron chi connectivity index (χ0n) is 15.0. The molecule has 1 fully saturated rings. The van der Waals surface area contributed by atoms with Crippen LogP contribution >= 0.6 is 23.2 Å². The molecule has 2 aromatic carbocycles. The van der Waals surface area contributed by atoms with E-state index in [-0.39, 0.29) is 11.8 Å². The summed E-state index contributed by atoms with van der Waals surface area (Å²) in [4.78, 5) is 28.8. The van der Waals surface area contributed by atoms with Crippen LogP contribution in [0.2, 0.25) is 10.0 Å². The lowest BCUT2D eigenvalue weighted by atomic mass is 10.1. The number of benzene rings is 2. The van der Waals surface area contributed by atoms with Crippen molar-refractivity contribution in [1.29, 1.82) is 0 Å². The van der Waals surface area contributed by atoms with E-state index in [1.165, 1.54) is 7.11 Å². The molecule has 0 aromatic heterocycles. The number of halogens is 2. The molecule has 5 nitrogen and oxygen atoms in total. The highest BCUT2D eigenvalue weighted by atomic mass is 35.5. The Morgan fingerprint density at radius 2 is 1.52 bits per heavy atom. The Kier molecular flexibility index (Phi) is 6.24. The van der Waals surface area contributed by atoms with Gasteiger partial charge in [-0.05, 0) is 35.9 Å². The van der Waals surface area contributed by atoms with Crippen molar-refractivity contribution < 1.29 is 14.3 Å². The Labute approximate surface area is 168 Å². The van der Waals surface area contributed by atoms with Crippen LogP contribution in [-0.2, 0) is 11.2 Å². The molecule has 27 heavy (non-hydrogen) atoms. The lowest BCUT2D eigenvalue weighted by Crippen LogP contribution is -2.51. The SMILES string of the molecule is COc1ccc(Cl)cc1C(=O)N1CCN(C(=O)Cc2ccc(Cl)cc2)CC1. The Hall–Kier alpha value is -2.24. The fourth-order valence-corrected chi connectivity index (χ4v) is 3.36. The maximum atomic E-state index is 12.8. The van der Waals surface area contributed by atoms with Crippen LogP contribution in [0.25, 0.3) is 0 Å². The second-order valence-electron chi connectivity index (χ2n) is 6.32. The fraction of sp³-hybridized carbons (Fsp3) is 0.300. The van der Waals surface area contributed by atoms with Gasteiger partial charge >= 0.3 is 0 Å². The molecule has 1 aliphatic rings. The first-order valence-corrected chi connectivity index (χ1v) is 9.38. The normalized spacial score (nSPS) is 14.2. The Morgan fingerprint density at radius 3 is 2.15 bits per heavy atom. The molecule has 142 valence electrons. The first-order valence-electron chi connectivity index (χ1n) is 8.63. The van der Waals surface area contributed by atoms with Gasteiger partial charge in [0.1, 0.15) is 5.75 Å². The summed E-state index contributed by atoms with van der Waals surface area (Å²) in [6.45, 7) is 1.95. The smallest absolute Gasteiger partial charge is 0.257 e. The van der Waals surface area contributed by atoms with E-state index in [1.54, 1.807) is 40.1 Å². The van der Waals surface area contributed by atoms with Crippen molar-refractivity contribution in [2.24, 2.45) is 0 Å². The molecule has 1 aliphatic heterocycles. The van der Waals surface area contributed by atoms with E-state index >= 15 is 0 Å². The van der Waals surface area contributed by atoms with Gasteiger partial charge < -0.3 is 14.5 Å². The van der Waals surface area contributed by atoms with Gasteiger partial charge in [0.15, 0.2) is 0 Å². The molecule has 3 rings (SSSR count). The van der Waals surface area contributed by atoms with Crippen LogP contribution in [0.3, 0.4) is 0 Å². The monoisotopic (exact) mass is 406 g/mol. The number of methoxy groups -OCH3 is 1. The Morgan fingerprint density at radius 1 is 0.926 bits per heavy atom. The predicted molar refractivity (Wildman–Crippen MR) is 106 cm³/mol. The number of hydrogen-bond donors (Lipinski definition) is 0. The molecular formula is C20H20Cl2N2O3. The van der Waals surface area contributed by atoms with Crippen molar-refractivity contribution in [1.82, 2.24) is 9.80 Å². The maximum absolute atomic E-state index is 12.8. The predicted octanol–water partition coefficient (Wildman–Crippen LogP) is 3.53. The number of nitrogens with zero attached hydrogens (tertiary/aromatic N) is 2. The number of amides is 2. The van der Waals surface area contributed by atoms with Gasteiger partial charge in [-0.1, -0.05) is 35.3 Å².